The van der Waals surface area contributed by atoms with Gasteiger partial charge in [-0.1, -0.05) is 0 Å². The summed E-state index contributed by atoms with van der Waals surface area (Å²) < 4.78 is 62.8. The number of hydrogen-bond donors (Lipinski definition) is 2. The molecule has 2 N–H and O–H groups in total. The molecule has 0 bridgehead atoms. The smallest absolute Gasteiger partial charge is 0.330 e. The standard InChI is InChI=1S/C30H46N6O11P2/c1-17(2)36(18(3)4)48(42-11-10-31-8)46-23-13-26(35-15-20(6)28(38)33-30(35)40)45-24(23)16-43-49(9,41)47-22-12-25(44-21(22)7)34-14-19(5)27(37)32-29(34)39/h14-15,17-18,21-26H,10-13,16H2,1-7,9H3,(H,32,37,39)(H,33,38,40)/t21-,22+,23+,24-,25-,26-,48?,49?/m1/s1/i7D. The molecule has 19 heteroatoms. The Hall–Kier alpha value is -2.77. The van der Waals surface area contributed by atoms with E-state index in [1.54, 1.807) is 13.8 Å². The largest absolute Gasteiger partial charge is 0.352 e. The molecule has 0 spiro atoms. The molecule has 2 aromatic heterocycles. The Labute approximate surface area is 286 Å². The molecule has 49 heavy (non-hydrogen) atoms. The molecule has 0 amide bonds. The minimum absolute atomic E-state index is 0.00828. The van der Waals surface area contributed by atoms with Crippen molar-refractivity contribution >= 4 is 16.1 Å². The topological polar surface area (TPSA) is 190 Å². The SMILES string of the molecule is [2H]C[C@H]1O[C@@H](n2cc(C)c(=O)[nH]c2=O)C[C@@H]1OP(C)(=O)OC[C@H]1O[C@@H](n2cc(C)c(=O)[nH]c2=O)C[C@@H]1OP(OCC[N+]#[C-])N(C(C)C)C(C)C. The molecule has 4 rings (SSSR count). The lowest BCUT2D eigenvalue weighted by Gasteiger charge is -2.37. The summed E-state index contributed by atoms with van der Waals surface area (Å²) in [6.07, 6.45) is -2.13. The van der Waals surface area contributed by atoms with Crippen LogP contribution < -0.4 is 22.5 Å². The van der Waals surface area contributed by atoms with Crippen molar-refractivity contribution in [2.75, 3.05) is 26.4 Å². The quantitative estimate of drug-likeness (QED) is 0.155. The number of H-pyrrole nitrogens is 2. The number of aryl methyl sites for hydroxylation is 2. The third kappa shape index (κ3) is 9.72. The van der Waals surface area contributed by atoms with Crippen molar-refractivity contribution in [3.05, 3.63) is 76.6 Å². The van der Waals surface area contributed by atoms with Gasteiger partial charge in [0.05, 0.1) is 24.9 Å². The number of ether oxygens (including phenoxy) is 2. The fraction of sp³-hybridized carbons (Fsp3) is 0.700. The average Bonchev–Trinajstić information content (AvgIpc) is 3.62. The maximum absolute atomic E-state index is 13.7. The molecule has 2 aliphatic heterocycles. The van der Waals surface area contributed by atoms with Gasteiger partial charge in [0.25, 0.3) is 19.6 Å². The van der Waals surface area contributed by atoms with Crippen molar-refractivity contribution < 1.29 is 33.5 Å². The van der Waals surface area contributed by atoms with Crippen molar-refractivity contribution in [2.24, 2.45) is 0 Å². The Bertz CT molecular complexity index is 1800. The van der Waals surface area contributed by atoms with E-state index in [1.807, 2.05) is 32.4 Å². The van der Waals surface area contributed by atoms with Crippen LogP contribution in [-0.2, 0) is 32.1 Å². The fourth-order valence-electron chi connectivity index (χ4n) is 5.61. The minimum Gasteiger partial charge on any atom is -0.352 e. The molecule has 2 unspecified atom stereocenters. The van der Waals surface area contributed by atoms with Crippen LogP contribution in [0.3, 0.4) is 0 Å². The monoisotopic (exact) mass is 729 g/mol. The highest BCUT2D eigenvalue weighted by Crippen LogP contribution is 2.52. The van der Waals surface area contributed by atoms with Crippen molar-refractivity contribution in [1.29, 1.82) is 0 Å². The first-order valence-electron chi connectivity index (χ1n) is 16.6. The highest BCUT2D eigenvalue weighted by atomic mass is 31.2. The molecule has 0 radical (unpaired) electrons. The maximum atomic E-state index is 13.7. The normalized spacial score (nSPS) is 26.3. The van der Waals surface area contributed by atoms with Gasteiger partial charge in [0.1, 0.15) is 25.2 Å². The molecule has 2 saturated heterocycles. The van der Waals surface area contributed by atoms with Gasteiger partial charge in [0.2, 0.25) is 6.54 Å². The van der Waals surface area contributed by atoms with Gasteiger partial charge in [-0.3, -0.25) is 33.3 Å². The minimum atomic E-state index is -3.87. The first kappa shape index (κ1) is 37.5. The van der Waals surface area contributed by atoms with Crippen LogP contribution in [-0.4, -0.2) is 86.7 Å². The van der Waals surface area contributed by atoms with Gasteiger partial charge in [-0.05, 0) is 48.4 Å². The number of rotatable bonds is 15. The summed E-state index contributed by atoms with van der Waals surface area (Å²) in [5.74, 6) is 0. The summed E-state index contributed by atoms with van der Waals surface area (Å²) in [5.41, 5.74) is -1.82. The molecule has 8 atom stereocenters. The van der Waals surface area contributed by atoms with Gasteiger partial charge in [-0.2, -0.15) is 0 Å². The van der Waals surface area contributed by atoms with Crippen LogP contribution in [0.4, 0.5) is 0 Å². The predicted octanol–water partition coefficient (Wildman–Crippen LogP) is 3.19. The van der Waals surface area contributed by atoms with Crippen molar-refractivity contribution in [2.45, 2.75) is 110 Å². The second kappa shape index (κ2) is 16.5. The van der Waals surface area contributed by atoms with Crippen LogP contribution in [0.2, 0.25) is 0 Å². The Kier molecular flexibility index (Phi) is 12.6. The lowest BCUT2D eigenvalue weighted by Crippen LogP contribution is -2.36. The second-order valence-electron chi connectivity index (χ2n) is 12.6. The Balaban J connectivity index is 1.55. The molecule has 272 valence electrons. The van der Waals surface area contributed by atoms with E-state index in [0.29, 0.717) is 11.1 Å². The van der Waals surface area contributed by atoms with Gasteiger partial charge < -0.3 is 32.4 Å². The summed E-state index contributed by atoms with van der Waals surface area (Å²) in [7, 11) is -5.60. The van der Waals surface area contributed by atoms with Gasteiger partial charge in [0, 0.05) is 56.5 Å². The van der Waals surface area contributed by atoms with E-state index in [9.17, 15) is 23.7 Å². The summed E-state index contributed by atoms with van der Waals surface area (Å²) in [6.45, 7) is 19.2. The predicted molar refractivity (Wildman–Crippen MR) is 181 cm³/mol. The molecular formula is C30H46N6O11P2. The number of nitrogens with zero attached hydrogens (tertiary/aromatic N) is 4. The molecule has 2 aromatic rings. The Morgan fingerprint density at radius 1 is 1.02 bits per heavy atom. The van der Waals surface area contributed by atoms with E-state index in [-0.39, 0.29) is 51.6 Å². The zero-order valence-electron chi connectivity index (χ0n) is 29.7. The maximum Gasteiger partial charge on any atom is 0.330 e. The Morgan fingerprint density at radius 2 is 1.57 bits per heavy atom. The number of nitrogens with one attached hydrogen (secondary N) is 2. The highest BCUT2D eigenvalue weighted by Gasteiger charge is 2.44. The lowest BCUT2D eigenvalue weighted by molar-refractivity contribution is -0.0436. The van der Waals surface area contributed by atoms with Crippen molar-refractivity contribution in [3.8, 4) is 0 Å². The zero-order chi connectivity index (χ0) is 36.9. The molecule has 0 aromatic carbocycles. The van der Waals surface area contributed by atoms with Crippen LogP contribution in [0.15, 0.2) is 31.6 Å². The zero-order valence-corrected chi connectivity index (χ0v) is 30.5. The lowest BCUT2D eigenvalue weighted by atomic mass is 10.2. The number of hydrogen-bond acceptors (Lipinski definition) is 12. The molecule has 4 heterocycles. The van der Waals surface area contributed by atoms with E-state index in [2.05, 4.69) is 14.8 Å². The molecule has 0 saturated carbocycles. The first-order valence-corrected chi connectivity index (χ1v) is 19.0. The first-order chi connectivity index (χ1) is 23.5. The number of aromatic nitrogens is 4. The highest BCUT2D eigenvalue weighted by molar-refractivity contribution is 7.53. The van der Waals surface area contributed by atoms with Gasteiger partial charge in [-0.15, -0.1) is 0 Å². The van der Waals surface area contributed by atoms with E-state index >= 15 is 0 Å². The molecule has 2 aliphatic rings. The Morgan fingerprint density at radius 3 is 2.10 bits per heavy atom. The van der Waals surface area contributed by atoms with E-state index in [0.717, 1.165) is 0 Å². The second-order valence-corrected chi connectivity index (χ2v) is 16.0. The third-order valence-electron chi connectivity index (χ3n) is 7.95. The van der Waals surface area contributed by atoms with Crippen LogP contribution in [0.1, 0.15) is 72.4 Å². The summed E-state index contributed by atoms with van der Waals surface area (Å²) in [5, 5.41) is 0. The molecule has 2 fully saturated rings. The van der Waals surface area contributed by atoms with Crippen LogP contribution in [0.5, 0.6) is 0 Å². The number of aromatic amines is 2. The van der Waals surface area contributed by atoms with E-state index in [4.69, 9.17) is 35.5 Å². The fourth-order valence-corrected chi connectivity index (χ4v) is 8.55. The summed E-state index contributed by atoms with van der Waals surface area (Å²) in [6, 6.07) is 0.0166. The summed E-state index contributed by atoms with van der Waals surface area (Å²) >= 11 is 0. The van der Waals surface area contributed by atoms with Crippen molar-refractivity contribution in [3.63, 3.8) is 0 Å². The van der Waals surface area contributed by atoms with E-state index < -0.39 is 75.5 Å². The van der Waals surface area contributed by atoms with Crippen LogP contribution in [0, 0.1) is 20.4 Å². The van der Waals surface area contributed by atoms with Gasteiger partial charge >= 0.3 is 19.0 Å². The molecule has 17 nitrogen and oxygen atoms in total. The molecular weight excluding hydrogens is 682 g/mol. The van der Waals surface area contributed by atoms with Gasteiger partial charge in [-0.25, -0.2) is 20.8 Å². The van der Waals surface area contributed by atoms with Crippen molar-refractivity contribution in [1.82, 2.24) is 23.8 Å². The van der Waals surface area contributed by atoms with Crippen LogP contribution in [0.25, 0.3) is 4.85 Å². The average molecular weight is 730 g/mol. The van der Waals surface area contributed by atoms with Crippen LogP contribution >= 0.6 is 16.1 Å². The third-order valence-corrected chi connectivity index (χ3v) is 11.4. The summed E-state index contributed by atoms with van der Waals surface area (Å²) in [4.78, 5) is 57.1. The molecule has 0 aliphatic carbocycles. The van der Waals surface area contributed by atoms with Gasteiger partial charge in [0.15, 0.2) is 0 Å². The van der Waals surface area contributed by atoms with E-state index in [1.165, 1.54) is 28.2 Å².